The lowest BCUT2D eigenvalue weighted by Gasteiger charge is -2.40. The third-order valence-electron chi connectivity index (χ3n) is 4.25. The van der Waals surface area contributed by atoms with Crippen LogP contribution in [0.3, 0.4) is 0 Å². The van der Waals surface area contributed by atoms with E-state index in [0.29, 0.717) is 16.7 Å². The average Bonchev–Trinajstić information content (AvgIpc) is 2.73. The van der Waals surface area contributed by atoms with E-state index in [-0.39, 0.29) is 11.7 Å². The van der Waals surface area contributed by atoms with Gasteiger partial charge >= 0.3 is 5.69 Å². The zero-order valence-corrected chi connectivity index (χ0v) is 14.6. The summed E-state index contributed by atoms with van der Waals surface area (Å²) < 4.78 is 1.76. The Balaban J connectivity index is 2.20. The van der Waals surface area contributed by atoms with Gasteiger partial charge in [-0.1, -0.05) is 32.5 Å². The smallest absolute Gasteiger partial charge is 0.313 e. The van der Waals surface area contributed by atoms with Crippen LogP contribution >= 0.6 is 11.8 Å². The molecule has 0 amide bonds. The van der Waals surface area contributed by atoms with E-state index in [1.54, 1.807) is 16.3 Å². The molecule has 1 aromatic heterocycles. The van der Waals surface area contributed by atoms with Gasteiger partial charge in [-0.2, -0.15) is 0 Å². The molecule has 1 aliphatic carbocycles. The summed E-state index contributed by atoms with van der Waals surface area (Å²) in [6.45, 7) is 11.9. The fourth-order valence-electron chi connectivity index (χ4n) is 3.10. The van der Waals surface area contributed by atoms with E-state index in [9.17, 15) is 4.79 Å². The predicted octanol–water partition coefficient (Wildman–Crippen LogP) is 2.80. The lowest BCUT2D eigenvalue weighted by atomic mass is 9.75. The number of thioether (sulfide) groups is 1. The molecule has 2 rings (SSSR count). The first-order valence-corrected chi connectivity index (χ1v) is 8.79. The number of aromatic nitrogens is 3. The average molecular weight is 312 g/mol. The predicted molar refractivity (Wildman–Crippen MR) is 88.0 cm³/mol. The van der Waals surface area contributed by atoms with Gasteiger partial charge in [0.05, 0.1) is 0 Å². The molecule has 1 heterocycles. The zero-order valence-electron chi connectivity index (χ0n) is 13.8. The van der Waals surface area contributed by atoms with Gasteiger partial charge in [0, 0.05) is 17.3 Å². The summed E-state index contributed by atoms with van der Waals surface area (Å²) in [5.41, 5.74) is 0.255. The molecule has 1 aromatic rings. The van der Waals surface area contributed by atoms with Crippen molar-refractivity contribution in [2.75, 3.05) is 6.54 Å². The maximum absolute atomic E-state index is 11.9. The van der Waals surface area contributed by atoms with Gasteiger partial charge in [-0.25, -0.2) is 9.89 Å². The van der Waals surface area contributed by atoms with Gasteiger partial charge < -0.3 is 5.32 Å². The van der Waals surface area contributed by atoms with Crippen LogP contribution < -0.4 is 11.0 Å². The van der Waals surface area contributed by atoms with E-state index in [1.165, 1.54) is 12.8 Å². The van der Waals surface area contributed by atoms with Crippen LogP contribution in [0.4, 0.5) is 0 Å². The van der Waals surface area contributed by atoms with E-state index in [4.69, 9.17) is 0 Å². The molecule has 1 saturated carbocycles. The lowest BCUT2D eigenvalue weighted by Crippen LogP contribution is -2.44. The molecule has 2 atom stereocenters. The number of hydrogen-bond acceptors (Lipinski definition) is 4. The van der Waals surface area contributed by atoms with Crippen LogP contribution in [0, 0.1) is 5.41 Å². The van der Waals surface area contributed by atoms with Crippen LogP contribution in [0.5, 0.6) is 0 Å². The van der Waals surface area contributed by atoms with Crippen molar-refractivity contribution in [3.8, 4) is 0 Å². The molecule has 6 heteroatoms. The largest absolute Gasteiger partial charge is 0.344 e. The molecule has 1 aliphatic rings. The van der Waals surface area contributed by atoms with Crippen LogP contribution in [0.15, 0.2) is 9.95 Å². The van der Waals surface area contributed by atoms with Crippen molar-refractivity contribution < 1.29 is 0 Å². The van der Waals surface area contributed by atoms with Crippen LogP contribution in [-0.2, 0) is 0 Å². The molecular formula is C15H28N4OS. The molecular weight excluding hydrogens is 284 g/mol. The first kappa shape index (κ1) is 16.6. The van der Waals surface area contributed by atoms with E-state index in [2.05, 4.69) is 36.3 Å². The second kappa shape index (κ2) is 6.57. The second-order valence-corrected chi connectivity index (χ2v) is 8.21. The summed E-state index contributed by atoms with van der Waals surface area (Å²) in [4.78, 5) is 11.9. The van der Waals surface area contributed by atoms with Gasteiger partial charge in [-0.3, -0.25) is 4.57 Å². The number of nitrogens with zero attached hydrogens (tertiary/aromatic N) is 2. The Labute approximate surface area is 131 Å². The van der Waals surface area contributed by atoms with Gasteiger partial charge in [0.2, 0.25) is 0 Å². The van der Waals surface area contributed by atoms with E-state index < -0.39 is 0 Å². The fraction of sp³-hybridized carbons (Fsp3) is 0.867. The maximum Gasteiger partial charge on any atom is 0.344 e. The van der Waals surface area contributed by atoms with Gasteiger partial charge in [0.25, 0.3) is 0 Å². The highest BCUT2D eigenvalue weighted by atomic mass is 32.2. The molecule has 0 aliphatic heterocycles. The Morgan fingerprint density at radius 2 is 2.24 bits per heavy atom. The number of hydrogen-bond donors (Lipinski definition) is 2. The molecule has 0 spiro atoms. The van der Waals surface area contributed by atoms with Crippen molar-refractivity contribution in [3.05, 3.63) is 10.5 Å². The standard InChI is InChI=1S/C15H28N4OS/c1-6-16-11-7-8-15(4,5)9-12(11)21-14-18-17-13(20)19(14)10(2)3/h10-12,16H,6-9H2,1-5H3,(H,17,20). The van der Waals surface area contributed by atoms with Crippen molar-refractivity contribution in [2.45, 2.75) is 76.4 Å². The fourth-order valence-corrected chi connectivity index (χ4v) is 4.81. The quantitative estimate of drug-likeness (QED) is 0.877. The molecule has 2 N–H and O–H groups in total. The van der Waals surface area contributed by atoms with Crippen LogP contribution in [0.25, 0.3) is 0 Å². The molecule has 120 valence electrons. The lowest BCUT2D eigenvalue weighted by molar-refractivity contribution is 0.215. The van der Waals surface area contributed by atoms with E-state index in [0.717, 1.165) is 18.1 Å². The Kier molecular flexibility index (Phi) is 5.20. The first-order valence-electron chi connectivity index (χ1n) is 7.91. The van der Waals surface area contributed by atoms with Crippen LogP contribution in [0.1, 0.15) is 59.9 Å². The first-order chi connectivity index (χ1) is 9.84. The highest BCUT2D eigenvalue weighted by Crippen LogP contribution is 2.42. The summed E-state index contributed by atoms with van der Waals surface area (Å²) in [5.74, 6) is 0. The molecule has 5 nitrogen and oxygen atoms in total. The number of rotatable bonds is 5. The highest BCUT2D eigenvalue weighted by molar-refractivity contribution is 7.99. The summed E-state index contributed by atoms with van der Waals surface area (Å²) in [5, 5.41) is 11.7. The Hall–Kier alpha value is -0.750. The van der Waals surface area contributed by atoms with Crippen molar-refractivity contribution in [1.29, 1.82) is 0 Å². The minimum absolute atomic E-state index is 0.109. The summed E-state index contributed by atoms with van der Waals surface area (Å²) in [6, 6.07) is 0.633. The molecule has 0 radical (unpaired) electrons. The second-order valence-electron chi connectivity index (χ2n) is 7.00. The number of H-pyrrole nitrogens is 1. The number of nitrogens with one attached hydrogen (secondary N) is 2. The minimum atomic E-state index is -0.109. The highest BCUT2D eigenvalue weighted by Gasteiger charge is 2.36. The van der Waals surface area contributed by atoms with Crippen LogP contribution in [0.2, 0.25) is 0 Å². The molecule has 0 saturated heterocycles. The van der Waals surface area contributed by atoms with E-state index in [1.807, 2.05) is 13.8 Å². The molecule has 2 unspecified atom stereocenters. The molecule has 0 bridgehead atoms. The normalized spacial score (nSPS) is 25.4. The number of aromatic amines is 1. The zero-order chi connectivity index (χ0) is 15.6. The van der Waals surface area contributed by atoms with Crippen LogP contribution in [-0.4, -0.2) is 32.6 Å². The molecule has 1 fully saturated rings. The molecule has 21 heavy (non-hydrogen) atoms. The molecule has 0 aromatic carbocycles. The van der Waals surface area contributed by atoms with Crippen molar-refractivity contribution >= 4 is 11.8 Å². The Morgan fingerprint density at radius 1 is 1.52 bits per heavy atom. The Bertz CT molecular complexity index is 520. The Morgan fingerprint density at radius 3 is 2.86 bits per heavy atom. The van der Waals surface area contributed by atoms with Gasteiger partial charge in [0.1, 0.15) is 0 Å². The minimum Gasteiger partial charge on any atom is -0.313 e. The maximum atomic E-state index is 11.9. The third-order valence-corrected chi connectivity index (χ3v) is 5.54. The summed E-state index contributed by atoms with van der Waals surface area (Å²) in [6.07, 6.45) is 3.59. The SMILES string of the molecule is CCNC1CCC(C)(C)CC1Sc1n[nH]c(=O)n1C(C)C. The summed E-state index contributed by atoms with van der Waals surface area (Å²) >= 11 is 1.75. The van der Waals surface area contributed by atoms with Gasteiger partial charge in [-0.15, -0.1) is 5.10 Å². The van der Waals surface area contributed by atoms with Gasteiger partial charge in [0.15, 0.2) is 5.16 Å². The van der Waals surface area contributed by atoms with E-state index >= 15 is 0 Å². The third kappa shape index (κ3) is 3.92. The monoisotopic (exact) mass is 312 g/mol. The topological polar surface area (TPSA) is 62.7 Å². The van der Waals surface area contributed by atoms with Crippen molar-refractivity contribution in [2.24, 2.45) is 5.41 Å². The van der Waals surface area contributed by atoms with Crippen molar-refractivity contribution in [1.82, 2.24) is 20.1 Å². The van der Waals surface area contributed by atoms with Gasteiger partial charge in [-0.05, 0) is 45.1 Å². The van der Waals surface area contributed by atoms with Crippen molar-refractivity contribution in [3.63, 3.8) is 0 Å². The summed E-state index contributed by atoms with van der Waals surface area (Å²) in [7, 11) is 0.